The van der Waals surface area contributed by atoms with Gasteiger partial charge in [0, 0.05) is 21.8 Å². The maximum atomic E-state index is 4.18. The topological polar surface area (TPSA) is 4.93 Å². The van der Waals surface area contributed by atoms with Gasteiger partial charge < -0.3 is 4.57 Å². The summed E-state index contributed by atoms with van der Waals surface area (Å²) in [6.07, 6.45) is 13.5. The lowest BCUT2D eigenvalue weighted by Crippen LogP contribution is -2.27. The zero-order valence-corrected chi connectivity index (χ0v) is 11.8. The summed E-state index contributed by atoms with van der Waals surface area (Å²) in [5.74, 6) is 0. The Morgan fingerprint density at radius 2 is 1.79 bits per heavy atom. The van der Waals surface area contributed by atoms with Crippen molar-refractivity contribution in [1.82, 2.24) is 4.57 Å². The minimum absolute atomic E-state index is 0.913. The van der Waals surface area contributed by atoms with Crippen molar-refractivity contribution in [3.8, 4) is 0 Å². The summed E-state index contributed by atoms with van der Waals surface area (Å²) in [4.78, 5) is 0. The monoisotopic (exact) mass is 251 g/mol. The fraction of sp³-hybridized carbons (Fsp3) is 0.111. The Hall–Kier alpha value is -2.28. The van der Waals surface area contributed by atoms with Crippen LogP contribution in [0.15, 0.2) is 44.0 Å². The van der Waals surface area contributed by atoms with Crippen molar-refractivity contribution in [2.75, 3.05) is 0 Å². The van der Waals surface area contributed by atoms with E-state index in [-0.39, 0.29) is 0 Å². The van der Waals surface area contributed by atoms with E-state index < -0.39 is 0 Å². The van der Waals surface area contributed by atoms with Crippen molar-refractivity contribution in [3.63, 3.8) is 0 Å². The molecule has 1 heteroatoms. The predicted octanol–water partition coefficient (Wildman–Crippen LogP) is 3.59. The largest absolute Gasteiger partial charge is 0.310 e. The van der Waals surface area contributed by atoms with Gasteiger partial charge >= 0.3 is 0 Å². The minimum Gasteiger partial charge on any atom is -0.310 e. The predicted molar refractivity (Wildman–Crippen MR) is 88.8 cm³/mol. The van der Waals surface area contributed by atoms with Crippen molar-refractivity contribution < 1.29 is 0 Å². The number of hydrogen-bond acceptors (Lipinski definition) is 0. The first kappa shape index (κ1) is 14.8. The molecular formula is C18H21N. The standard InChI is InChI=1S/C18H21N/c1-7-12-13-17-14(6)19(15(8-2)9-3)18(11-5)16(17)10-4/h7-13H,2,4-6H2,1,3H3/b12-7-,15-9+,17-13+. The van der Waals surface area contributed by atoms with Gasteiger partial charge in [-0.05, 0) is 26.0 Å². The molecule has 0 aliphatic rings. The molecule has 0 aliphatic heterocycles. The van der Waals surface area contributed by atoms with Gasteiger partial charge in [0.15, 0.2) is 0 Å². The second kappa shape index (κ2) is 6.60. The van der Waals surface area contributed by atoms with Crippen LogP contribution in [0.1, 0.15) is 25.1 Å². The molecule has 0 aliphatic carbocycles. The highest BCUT2D eigenvalue weighted by molar-refractivity contribution is 5.71. The van der Waals surface area contributed by atoms with Gasteiger partial charge in [-0.15, -0.1) is 0 Å². The Morgan fingerprint density at radius 3 is 2.21 bits per heavy atom. The van der Waals surface area contributed by atoms with Crippen LogP contribution in [-0.4, -0.2) is 4.57 Å². The van der Waals surface area contributed by atoms with E-state index in [0.717, 1.165) is 27.5 Å². The van der Waals surface area contributed by atoms with Crippen LogP contribution in [0.2, 0.25) is 0 Å². The summed E-state index contributed by atoms with van der Waals surface area (Å²) in [5.41, 5.74) is 3.02. The van der Waals surface area contributed by atoms with Gasteiger partial charge in [0.05, 0.1) is 5.69 Å². The summed E-state index contributed by atoms with van der Waals surface area (Å²) < 4.78 is 2.05. The third-order valence-electron chi connectivity index (χ3n) is 3.00. The first-order valence-electron chi connectivity index (χ1n) is 6.26. The number of aromatic nitrogens is 1. The van der Waals surface area contributed by atoms with Gasteiger partial charge in [-0.1, -0.05) is 56.7 Å². The van der Waals surface area contributed by atoms with Crippen molar-refractivity contribution in [2.24, 2.45) is 0 Å². The van der Waals surface area contributed by atoms with Gasteiger partial charge in [-0.2, -0.15) is 0 Å². The van der Waals surface area contributed by atoms with E-state index in [1.54, 1.807) is 0 Å². The molecule has 1 nitrogen and oxygen atoms in total. The van der Waals surface area contributed by atoms with Gasteiger partial charge in [0.2, 0.25) is 0 Å². The molecule has 0 bridgehead atoms. The summed E-state index contributed by atoms with van der Waals surface area (Å²) in [7, 11) is 0. The number of rotatable bonds is 5. The summed E-state index contributed by atoms with van der Waals surface area (Å²) in [6, 6.07) is 0. The highest BCUT2D eigenvalue weighted by Crippen LogP contribution is 2.13. The molecule has 0 saturated carbocycles. The zero-order valence-electron chi connectivity index (χ0n) is 11.8. The van der Waals surface area contributed by atoms with Crippen LogP contribution in [0.25, 0.3) is 30.5 Å². The fourth-order valence-electron chi connectivity index (χ4n) is 2.11. The molecule has 0 aromatic carbocycles. The molecule has 1 rings (SSSR count). The summed E-state index contributed by atoms with van der Waals surface area (Å²) in [5, 5.41) is 1.97. The first-order chi connectivity index (χ1) is 9.15. The number of allylic oxidation sites excluding steroid dienone is 5. The lowest BCUT2D eigenvalue weighted by atomic mass is 10.2. The third kappa shape index (κ3) is 2.60. The second-order valence-corrected chi connectivity index (χ2v) is 4.01. The van der Waals surface area contributed by atoms with Crippen molar-refractivity contribution in [2.45, 2.75) is 13.8 Å². The first-order valence-corrected chi connectivity index (χ1v) is 6.26. The normalized spacial score (nSPS) is 12.9. The Labute approximate surface area is 115 Å². The molecule has 0 amide bonds. The molecular weight excluding hydrogens is 230 g/mol. The maximum Gasteiger partial charge on any atom is 0.0534 e. The van der Waals surface area contributed by atoms with E-state index in [4.69, 9.17) is 0 Å². The van der Waals surface area contributed by atoms with Crippen molar-refractivity contribution in [1.29, 1.82) is 0 Å². The van der Waals surface area contributed by atoms with Gasteiger partial charge in [-0.3, -0.25) is 0 Å². The average Bonchev–Trinajstić information content (AvgIpc) is 2.70. The maximum absolute atomic E-state index is 4.18. The summed E-state index contributed by atoms with van der Waals surface area (Å²) >= 11 is 0. The molecule has 98 valence electrons. The fourth-order valence-corrected chi connectivity index (χ4v) is 2.11. The highest BCUT2D eigenvalue weighted by atomic mass is 15.0. The van der Waals surface area contributed by atoms with Crippen LogP contribution in [0, 0.1) is 0 Å². The molecule has 1 heterocycles. The molecule has 0 fully saturated rings. The van der Waals surface area contributed by atoms with Crippen LogP contribution < -0.4 is 10.6 Å². The molecule has 1 aromatic heterocycles. The lowest BCUT2D eigenvalue weighted by molar-refractivity contribution is 1.06. The molecule has 0 saturated heterocycles. The smallest absolute Gasteiger partial charge is 0.0534 e. The molecule has 0 unspecified atom stereocenters. The Balaban J connectivity index is 3.91. The Bertz CT molecular complexity index is 664. The average molecular weight is 251 g/mol. The van der Waals surface area contributed by atoms with Gasteiger partial charge in [-0.25, -0.2) is 0 Å². The van der Waals surface area contributed by atoms with E-state index in [0.29, 0.717) is 0 Å². The van der Waals surface area contributed by atoms with Crippen molar-refractivity contribution >= 4 is 30.5 Å². The third-order valence-corrected chi connectivity index (χ3v) is 3.00. The van der Waals surface area contributed by atoms with Crippen LogP contribution in [0.5, 0.6) is 0 Å². The molecule has 1 aromatic rings. The molecule has 0 radical (unpaired) electrons. The van der Waals surface area contributed by atoms with Crippen LogP contribution in [0.3, 0.4) is 0 Å². The van der Waals surface area contributed by atoms with E-state index in [2.05, 4.69) is 26.3 Å². The number of hydrogen-bond donors (Lipinski definition) is 0. The van der Waals surface area contributed by atoms with Gasteiger partial charge in [0.1, 0.15) is 0 Å². The number of nitrogens with zero attached hydrogens (tertiary/aromatic N) is 1. The summed E-state index contributed by atoms with van der Waals surface area (Å²) in [6.45, 7) is 19.8. The SMILES string of the molecule is C=C/C(=C\C)n1c(C=C)c(C=C)/c(=C/C=C\C)c1=C. The Morgan fingerprint density at radius 1 is 1.11 bits per heavy atom. The quantitative estimate of drug-likeness (QED) is 0.705. The van der Waals surface area contributed by atoms with Crippen LogP contribution in [0.4, 0.5) is 0 Å². The van der Waals surface area contributed by atoms with E-state index in [9.17, 15) is 0 Å². The van der Waals surface area contributed by atoms with Crippen molar-refractivity contribution in [3.05, 3.63) is 65.9 Å². The van der Waals surface area contributed by atoms with E-state index >= 15 is 0 Å². The Kier molecular flexibility index (Phi) is 5.13. The van der Waals surface area contributed by atoms with E-state index in [1.165, 1.54) is 0 Å². The molecule has 0 atom stereocenters. The minimum atomic E-state index is 0.913. The molecule has 0 N–H and O–H groups in total. The van der Waals surface area contributed by atoms with Crippen LogP contribution in [-0.2, 0) is 0 Å². The van der Waals surface area contributed by atoms with Gasteiger partial charge in [0.25, 0.3) is 0 Å². The van der Waals surface area contributed by atoms with E-state index in [1.807, 2.05) is 60.9 Å². The molecule has 19 heavy (non-hydrogen) atoms. The second-order valence-electron chi connectivity index (χ2n) is 4.01. The van der Waals surface area contributed by atoms with Crippen LogP contribution >= 0.6 is 0 Å². The highest BCUT2D eigenvalue weighted by Gasteiger charge is 2.10. The molecule has 0 spiro atoms. The lowest BCUT2D eigenvalue weighted by Gasteiger charge is -2.07. The zero-order chi connectivity index (χ0) is 14.4.